The van der Waals surface area contributed by atoms with Crippen LogP contribution in [-0.4, -0.2) is 67.3 Å². The summed E-state index contributed by atoms with van der Waals surface area (Å²) in [5, 5.41) is 3.74. The van der Waals surface area contributed by atoms with Gasteiger partial charge in [-0.25, -0.2) is 4.98 Å². The number of amides is 2. The van der Waals surface area contributed by atoms with E-state index >= 15 is 0 Å². The van der Waals surface area contributed by atoms with Crippen LogP contribution in [-0.2, 0) is 9.53 Å². The van der Waals surface area contributed by atoms with Gasteiger partial charge >= 0.3 is 0 Å². The number of rotatable bonds is 11. The van der Waals surface area contributed by atoms with Gasteiger partial charge in [0.2, 0.25) is 11.9 Å². The number of ether oxygens (including phenoxy) is 3. The molecule has 3 aromatic carbocycles. The fourth-order valence-electron chi connectivity index (χ4n) is 3.95. The van der Waals surface area contributed by atoms with E-state index < -0.39 is 5.91 Å². The molecule has 0 saturated heterocycles. The molecule has 4 rings (SSSR count). The van der Waals surface area contributed by atoms with E-state index in [2.05, 4.69) is 10.3 Å². The van der Waals surface area contributed by atoms with Crippen LogP contribution < -0.4 is 14.8 Å². The van der Waals surface area contributed by atoms with Gasteiger partial charge in [-0.1, -0.05) is 47.5 Å². The molecule has 0 atom stereocenters. The highest BCUT2D eigenvalue weighted by molar-refractivity contribution is 6.33. The number of hydrogen-bond donors (Lipinski definition) is 1. The highest BCUT2D eigenvalue weighted by Gasteiger charge is 2.22. The molecule has 0 radical (unpaired) electrons. The van der Waals surface area contributed by atoms with E-state index in [0.29, 0.717) is 38.5 Å². The molecule has 11 heteroatoms. The molecule has 1 N–H and O–H groups in total. The van der Waals surface area contributed by atoms with E-state index in [0.717, 1.165) is 5.56 Å². The van der Waals surface area contributed by atoms with Crippen LogP contribution in [0.4, 0.5) is 5.95 Å². The van der Waals surface area contributed by atoms with E-state index in [-0.39, 0.29) is 31.6 Å². The topological polar surface area (TPSA) is 94.9 Å². The summed E-state index contributed by atoms with van der Waals surface area (Å²) in [6, 6.07) is 19.2. The fourth-order valence-corrected chi connectivity index (χ4v) is 4.30. The zero-order chi connectivity index (χ0) is 28.6. The van der Waals surface area contributed by atoms with Gasteiger partial charge in [-0.2, -0.15) is 0 Å². The molecule has 0 aliphatic carbocycles. The number of benzene rings is 3. The number of anilines is 1. The minimum atomic E-state index is -0.458. The van der Waals surface area contributed by atoms with Crippen LogP contribution in [0.5, 0.6) is 11.5 Å². The number of methoxy groups -OCH3 is 3. The minimum Gasteiger partial charge on any atom is -0.497 e. The number of halogens is 2. The van der Waals surface area contributed by atoms with Crippen molar-refractivity contribution in [2.75, 3.05) is 46.3 Å². The molecule has 0 fully saturated rings. The molecule has 9 nitrogen and oxygen atoms in total. The SMILES string of the molecule is COCCN(CC(=O)Nc1nc(-c2ccc(Cl)cc2)cn1-c1cc(OC)cc(OC)c1)C(=O)c1ccccc1Cl. The summed E-state index contributed by atoms with van der Waals surface area (Å²) in [5.74, 6) is 0.512. The van der Waals surface area contributed by atoms with Crippen molar-refractivity contribution in [3.05, 3.63) is 88.5 Å². The predicted octanol–water partition coefficient (Wildman–Crippen LogP) is 5.59. The first-order chi connectivity index (χ1) is 19.3. The molecule has 0 aliphatic rings. The van der Waals surface area contributed by atoms with Gasteiger partial charge in [-0.15, -0.1) is 0 Å². The summed E-state index contributed by atoms with van der Waals surface area (Å²) in [4.78, 5) is 32.6. The lowest BCUT2D eigenvalue weighted by Crippen LogP contribution is -2.40. The first-order valence-corrected chi connectivity index (χ1v) is 13.0. The summed E-state index contributed by atoms with van der Waals surface area (Å²) < 4.78 is 17.7. The second kappa shape index (κ2) is 13.3. The van der Waals surface area contributed by atoms with Crippen LogP contribution in [0.1, 0.15) is 10.4 Å². The quantitative estimate of drug-likeness (QED) is 0.248. The number of nitrogens with one attached hydrogen (secondary N) is 1. The van der Waals surface area contributed by atoms with Crippen LogP contribution in [0, 0.1) is 0 Å². The Morgan fingerprint density at radius 1 is 0.950 bits per heavy atom. The van der Waals surface area contributed by atoms with Crippen molar-refractivity contribution in [2.45, 2.75) is 0 Å². The standard InChI is InChI=1S/C29H28Cl2N4O5/c1-38-13-12-34(28(37)24-6-4-5-7-25(24)31)18-27(36)33-29-32-26(19-8-10-20(30)11-9-19)17-35(29)21-14-22(39-2)16-23(15-21)40-3/h4-11,14-17H,12-13,18H2,1-3H3,(H,32,33,36). The number of nitrogens with zero attached hydrogens (tertiary/aromatic N) is 3. The Labute approximate surface area is 242 Å². The predicted molar refractivity (Wildman–Crippen MR) is 155 cm³/mol. The van der Waals surface area contributed by atoms with Crippen LogP contribution in [0.2, 0.25) is 10.0 Å². The first-order valence-electron chi connectivity index (χ1n) is 12.2. The second-order valence-electron chi connectivity index (χ2n) is 8.65. The number of carbonyl (C=O) groups excluding carboxylic acids is 2. The van der Waals surface area contributed by atoms with Crippen molar-refractivity contribution < 1.29 is 23.8 Å². The average molecular weight is 583 g/mol. The van der Waals surface area contributed by atoms with E-state index in [1.54, 1.807) is 79.6 Å². The van der Waals surface area contributed by atoms with Gasteiger partial charge < -0.3 is 19.1 Å². The molecule has 1 aromatic heterocycles. The molecular weight excluding hydrogens is 555 g/mol. The van der Waals surface area contributed by atoms with Crippen molar-refractivity contribution in [3.8, 4) is 28.4 Å². The summed E-state index contributed by atoms with van der Waals surface area (Å²) in [7, 11) is 4.63. The normalized spacial score (nSPS) is 10.7. The molecule has 2 amide bonds. The van der Waals surface area contributed by atoms with Crippen molar-refractivity contribution in [1.29, 1.82) is 0 Å². The van der Waals surface area contributed by atoms with Crippen molar-refractivity contribution >= 4 is 41.0 Å². The fraction of sp³-hybridized carbons (Fsp3) is 0.207. The second-order valence-corrected chi connectivity index (χ2v) is 9.49. The van der Waals surface area contributed by atoms with Crippen molar-refractivity contribution in [3.63, 3.8) is 0 Å². The van der Waals surface area contributed by atoms with E-state index in [4.69, 9.17) is 37.4 Å². The summed E-state index contributed by atoms with van der Waals surface area (Å²) in [6.45, 7) is 0.173. The zero-order valence-corrected chi connectivity index (χ0v) is 23.7. The highest BCUT2D eigenvalue weighted by Crippen LogP contribution is 2.30. The number of imidazole rings is 1. The molecule has 40 heavy (non-hydrogen) atoms. The Morgan fingerprint density at radius 3 is 2.25 bits per heavy atom. The lowest BCUT2D eigenvalue weighted by Gasteiger charge is -2.22. The van der Waals surface area contributed by atoms with Gasteiger partial charge in [-0.05, 0) is 24.3 Å². The van der Waals surface area contributed by atoms with E-state index in [1.165, 1.54) is 12.0 Å². The molecule has 0 spiro atoms. The van der Waals surface area contributed by atoms with Crippen LogP contribution in [0.15, 0.2) is 72.9 Å². The van der Waals surface area contributed by atoms with Crippen LogP contribution in [0.25, 0.3) is 16.9 Å². The maximum atomic E-state index is 13.3. The Kier molecular flexibility index (Phi) is 9.65. The maximum absolute atomic E-state index is 13.3. The Hall–Kier alpha value is -4.05. The lowest BCUT2D eigenvalue weighted by atomic mass is 10.2. The molecule has 0 saturated carbocycles. The molecule has 0 unspecified atom stereocenters. The van der Waals surface area contributed by atoms with Gasteiger partial charge in [0, 0.05) is 48.6 Å². The monoisotopic (exact) mass is 582 g/mol. The smallest absolute Gasteiger partial charge is 0.255 e. The minimum absolute atomic E-state index is 0.186. The van der Waals surface area contributed by atoms with Crippen LogP contribution >= 0.6 is 23.2 Å². The van der Waals surface area contributed by atoms with Crippen molar-refractivity contribution in [1.82, 2.24) is 14.5 Å². The highest BCUT2D eigenvalue weighted by atomic mass is 35.5. The summed E-state index contributed by atoms with van der Waals surface area (Å²) >= 11 is 12.3. The number of hydrogen-bond acceptors (Lipinski definition) is 6. The zero-order valence-electron chi connectivity index (χ0n) is 22.2. The first kappa shape index (κ1) is 28.9. The Bertz CT molecular complexity index is 1470. The van der Waals surface area contributed by atoms with Gasteiger partial charge in [0.05, 0.1) is 42.8 Å². The van der Waals surface area contributed by atoms with E-state index in [9.17, 15) is 9.59 Å². The third-order valence-corrected chi connectivity index (χ3v) is 6.58. The number of aromatic nitrogens is 2. The van der Waals surface area contributed by atoms with E-state index in [1.807, 2.05) is 12.1 Å². The molecule has 0 bridgehead atoms. The summed E-state index contributed by atoms with van der Waals surface area (Å²) in [6.07, 6.45) is 1.78. The lowest BCUT2D eigenvalue weighted by molar-refractivity contribution is -0.117. The van der Waals surface area contributed by atoms with Gasteiger partial charge in [0.1, 0.15) is 18.0 Å². The van der Waals surface area contributed by atoms with Gasteiger partial charge in [0.25, 0.3) is 5.91 Å². The molecule has 0 aliphatic heterocycles. The Morgan fingerprint density at radius 2 is 1.62 bits per heavy atom. The number of carbonyl (C=O) groups is 2. The van der Waals surface area contributed by atoms with Crippen molar-refractivity contribution in [2.24, 2.45) is 0 Å². The third kappa shape index (κ3) is 6.93. The van der Waals surface area contributed by atoms with Gasteiger partial charge in [-0.3, -0.25) is 19.5 Å². The molecule has 208 valence electrons. The maximum Gasteiger partial charge on any atom is 0.255 e. The molecule has 1 heterocycles. The van der Waals surface area contributed by atoms with Crippen LogP contribution in [0.3, 0.4) is 0 Å². The molecule has 4 aromatic rings. The third-order valence-electron chi connectivity index (χ3n) is 6.00. The molecular formula is C29H28Cl2N4O5. The largest absolute Gasteiger partial charge is 0.497 e. The van der Waals surface area contributed by atoms with Gasteiger partial charge in [0.15, 0.2) is 0 Å². The Balaban J connectivity index is 1.67. The average Bonchev–Trinajstić information content (AvgIpc) is 3.38. The summed E-state index contributed by atoms with van der Waals surface area (Å²) in [5.41, 5.74) is 2.33.